The van der Waals surface area contributed by atoms with Crippen LogP contribution in [0.4, 0.5) is 0 Å². The molecule has 0 saturated carbocycles. The highest BCUT2D eigenvalue weighted by molar-refractivity contribution is 6.33. The minimum absolute atomic E-state index is 0.823. The Bertz CT molecular complexity index is 463. The number of benzene rings is 2. The fourth-order valence-electron chi connectivity index (χ4n) is 1.90. The predicted octanol–water partition coefficient (Wildman–Crippen LogP) is 4.88. The molecule has 2 aromatic rings. The number of aryl methyl sites for hydroxylation is 2. The van der Waals surface area contributed by atoms with Crippen molar-refractivity contribution in [1.82, 2.24) is 0 Å². The van der Waals surface area contributed by atoms with E-state index in [2.05, 4.69) is 44.2 Å². The van der Waals surface area contributed by atoms with E-state index in [1.807, 2.05) is 12.1 Å². The van der Waals surface area contributed by atoms with Gasteiger partial charge in [0.1, 0.15) is 0 Å². The van der Waals surface area contributed by atoms with Crippen molar-refractivity contribution < 1.29 is 0 Å². The van der Waals surface area contributed by atoms with Gasteiger partial charge >= 0.3 is 0 Å². The summed E-state index contributed by atoms with van der Waals surface area (Å²) >= 11 is 6.24. The zero-order chi connectivity index (χ0) is 11.5. The Morgan fingerprint density at radius 2 is 1.69 bits per heavy atom. The Balaban J connectivity index is 2.50. The summed E-state index contributed by atoms with van der Waals surface area (Å²) in [6.07, 6.45) is 1.07. The average molecular weight is 231 g/mol. The van der Waals surface area contributed by atoms with Gasteiger partial charge < -0.3 is 0 Å². The monoisotopic (exact) mass is 230 g/mol. The van der Waals surface area contributed by atoms with Crippen LogP contribution >= 0.6 is 11.6 Å². The molecule has 0 saturated heterocycles. The van der Waals surface area contributed by atoms with Crippen LogP contribution in [0.5, 0.6) is 0 Å². The Hall–Kier alpha value is -1.27. The predicted molar refractivity (Wildman–Crippen MR) is 71.0 cm³/mol. The van der Waals surface area contributed by atoms with E-state index in [1.54, 1.807) is 0 Å². The first-order valence-electron chi connectivity index (χ1n) is 5.57. The van der Waals surface area contributed by atoms with Gasteiger partial charge in [-0.25, -0.2) is 0 Å². The van der Waals surface area contributed by atoms with Gasteiger partial charge in [0.25, 0.3) is 0 Å². The zero-order valence-electron chi connectivity index (χ0n) is 9.63. The zero-order valence-corrected chi connectivity index (χ0v) is 10.4. The molecule has 0 N–H and O–H groups in total. The Labute approximate surface area is 102 Å². The van der Waals surface area contributed by atoms with Crippen molar-refractivity contribution in [3.05, 3.63) is 58.6 Å². The van der Waals surface area contributed by atoms with Crippen LogP contribution in [0.3, 0.4) is 0 Å². The largest absolute Gasteiger partial charge is 0.0837 e. The number of rotatable bonds is 2. The van der Waals surface area contributed by atoms with Crippen molar-refractivity contribution in [2.24, 2.45) is 0 Å². The molecular weight excluding hydrogens is 216 g/mol. The first kappa shape index (κ1) is 11.2. The van der Waals surface area contributed by atoms with Crippen LogP contribution in [0.2, 0.25) is 5.02 Å². The minimum atomic E-state index is 0.823. The fourth-order valence-corrected chi connectivity index (χ4v) is 2.24. The molecule has 0 nitrogen and oxygen atoms in total. The smallest absolute Gasteiger partial charge is 0.0487 e. The topological polar surface area (TPSA) is 0 Å². The number of hydrogen-bond donors (Lipinski definition) is 0. The van der Waals surface area contributed by atoms with E-state index in [4.69, 9.17) is 11.6 Å². The summed E-state index contributed by atoms with van der Waals surface area (Å²) in [5.74, 6) is 0. The van der Waals surface area contributed by atoms with Gasteiger partial charge in [-0.2, -0.15) is 0 Å². The number of hydrogen-bond acceptors (Lipinski definition) is 0. The van der Waals surface area contributed by atoms with E-state index in [0.29, 0.717) is 0 Å². The standard InChI is InChI=1S/C15H15Cl/c1-3-12-7-9-13(10-8-12)15-11(2)5-4-6-14(15)16/h4-10H,3H2,1-2H3. The van der Waals surface area contributed by atoms with Crippen molar-refractivity contribution in [2.75, 3.05) is 0 Å². The molecular formula is C15H15Cl. The van der Waals surface area contributed by atoms with Crippen LogP contribution in [0.15, 0.2) is 42.5 Å². The third kappa shape index (κ3) is 2.12. The Morgan fingerprint density at radius 3 is 2.25 bits per heavy atom. The van der Waals surface area contributed by atoms with Gasteiger partial charge in [0.2, 0.25) is 0 Å². The summed E-state index contributed by atoms with van der Waals surface area (Å²) in [4.78, 5) is 0. The van der Waals surface area contributed by atoms with E-state index >= 15 is 0 Å². The highest BCUT2D eigenvalue weighted by Crippen LogP contribution is 2.31. The van der Waals surface area contributed by atoms with Crippen molar-refractivity contribution in [3.8, 4) is 11.1 Å². The molecule has 0 aliphatic carbocycles. The maximum atomic E-state index is 6.24. The maximum Gasteiger partial charge on any atom is 0.0487 e. The molecule has 2 rings (SSSR count). The van der Waals surface area contributed by atoms with Crippen molar-refractivity contribution >= 4 is 11.6 Å². The van der Waals surface area contributed by atoms with Gasteiger partial charge in [-0.3, -0.25) is 0 Å². The highest BCUT2D eigenvalue weighted by atomic mass is 35.5. The lowest BCUT2D eigenvalue weighted by Gasteiger charge is -2.08. The van der Waals surface area contributed by atoms with E-state index in [-0.39, 0.29) is 0 Å². The summed E-state index contributed by atoms with van der Waals surface area (Å²) in [5, 5.41) is 0.823. The molecule has 0 unspecified atom stereocenters. The van der Waals surface area contributed by atoms with E-state index < -0.39 is 0 Å². The van der Waals surface area contributed by atoms with Crippen LogP contribution < -0.4 is 0 Å². The Morgan fingerprint density at radius 1 is 1.00 bits per heavy atom. The summed E-state index contributed by atoms with van der Waals surface area (Å²) in [5.41, 5.74) is 4.91. The van der Waals surface area contributed by atoms with Gasteiger partial charge in [0, 0.05) is 10.6 Å². The first-order valence-corrected chi connectivity index (χ1v) is 5.94. The van der Waals surface area contributed by atoms with E-state index in [9.17, 15) is 0 Å². The van der Waals surface area contributed by atoms with E-state index in [1.165, 1.54) is 16.7 Å². The fraction of sp³-hybridized carbons (Fsp3) is 0.200. The van der Waals surface area contributed by atoms with Gasteiger partial charge in [0.05, 0.1) is 0 Å². The molecule has 0 fully saturated rings. The second-order valence-corrected chi connectivity index (χ2v) is 4.39. The molecule has 0 radical (unpaired) electrons. The average Bonchev–Trinajstić information content (AvgIpc) is 2.30. The SMILES string of the molecule is CCc1ccc(-c2c(C)cccc2Cl)cc1. The summed E-state index contributed by atoms with van der Waals surface area (Å²) < 4.78 is 0. The third-order valence-electron chi connectivity index (χ3n) is 2.87. The molecule has 0 aromatic heterocycles. The van der Waals surface area contributed by atoms with Crippen LogP contribution in [-0.4, -0.2) is 0 Å². The first-order chi connectivity index (χ1) is 7.72. The minimum Gasteiger partial charge on any atom is -0.0837 e. The second kappa shape index (κ2) is 4.71. The summed E-state index contributed by atoms with van der Waals surface area (Å²) in [7, 11) is 0. The van der Waals surface area contributed by atoms with Crippen molar-refractivity contribution in [3.63, 3.8) is 0 Å². The molecule has 0 atom stereocenters. The normalized spacial score (nSPS) is 10.4. The van der Waals surface area contributed by atoms with E-state index in [0.717, 1.165) is 17.0 Å². The molecule has 16 heavy (non-hydrogen) atoms. The quantitative estimate of drug-likeness (QED) is 0.690. The molecule has 0 spiro atoms. The van der Waals surface area contributed by atoms with Gasteiger partial charge in [0.15, 0.2) is 0 Å². The lowest BCUT2D eigenvalue weighted by atomic mass is 9.99. The molecule has 0 aliphatic rings. The molecule has 0 heterocycles. The third-order valence-corrected chi connectivity index (χ3v) is 3.19. The van der Waals surface area contributed by atoms with Gasteiger partial charge in [-0.05, 0) is 36.1 Å². The molecule has 0 bridgehead atoms. The molecule has 1 heteroatoms. The lowest BCUT2D eigenvalue weighted by Crippen LogP contribution is -1.86. The van der Waals surface area contributed by atoms with Crippen molar-refractivity contribution in [1.29, 1.82) is 0 Å². The second-order valence-electron chi connectivity index (χ2n) is 3.98. The molecule has 0 aliphatic heterocycles. The summed E-state index contributed by atoms with van der Waals surface area (Å²) in [6.45, 7) is 4.25. The van der Waals surface area contributed by atoms with Gasteiger partial charge in [-0.15, -0.1) is 0 Å². The van der Waals surface area contributed by atoms with Crippen LogP contribution in [0.25, 0.3) is 11.1 Å². The molecule has 0 amide bonds. The van der Waals surface area contributed by atoms with Crippen molar-refractivity contribution in [2.45, 2.75) is 20.3 Å². The highest BCUT2D eigenvalue weighted by Gasteiger charge is 2.05. The number of halogens is 1. The Kier molecular flexibility index (Phi) is 3.31. The molecule has 2 aromatic carbocycles. The van der Waals surface area contributed by atoms with Crippen LogP contribution in [0.1, 0.15) is 18.1 Å². The van der Waals surface area contributed by atoms with Gasteiger partial charge in [-0.1, -0.05) is 54.9 Å². The maximum absolute atomic E-state index is 6.24. The van der Waals surface area contributed by atoms with Crippen LogP contribution in [0, 0.1) is 6.92 Å². The van der Waals surface area contributed by atoms with Crippen LogP contribution in [-0.2, 0) is 6.42 Å². The summed E-state index contributed by atoms with van der Waals surface area (Å²) in [6, 6.07) is 14.6. The molecule has 82 valence electrons. The lowest BCUT2D eigenvalue weighted by molar-refractivity contribution is 1.14.